The van der Waals surface area contributed by atoms with Crippen molar-refractivity contribution in [2.24, 2.45) is 5.92 Å². The van der Waals surface area contributed by atoms with Crippen molar-refractivity contribution in [3.8, 4) is 0 Å². The highest BCUT2D eigenvalue weighted by Crippen LogP contribution is 2.37. The Bertz CT molecular complexity index is 807. The Morgan fingerprint density at radius 2 is 1.81 bits per heavy atom. The third-order valence-electron chi connectivity index (χ3n) is 5.42. The van der Waals surface area contributed by atoms with Gasteiger partial charge >= 0.3 is 0 Å². The van der Waals surface area contributed by atoms with E-state index in [-0.39, 0.29) is 17.9 Å². The van der Waals surface area contributed by atoms with Crippen LogP contribution in [0.25, 0.3) is 0 Å². The number of benzene rings is 2. The fraction of sp³-hybridized carbons (Fsp3) is 0.409. The van der Waals surface area contributed by atoms with Gasteiger partial charge in [0, 0.05) is 6.04 Å². The Labute approximate surface area is 171 Å². The molecule has 1 heterocycles. The number of likely N-dealkylation sites (tertiary alicyclic amines) is 1. The highest BCUT2D eigenvalue weighted by atomic mass is 35.5. The van der Waals surface area contributed by atoms with Gasteiger partial charge in [0.05, 0.1) is 21.5 Å². The number of carbonyl (C=O) groups excluding carboxylic acids is 1. The average molecular weight is 405 g/mol. The van der Waals surface area contributed by atoms with Crippen LogP contribution in [-0.4, -0.2) is 24.4 Å². The highest BCUT2D eigenvalue weighted by molar-refractivity contribution is 6.42. The fourth-order valence-corrected chi connectivity index (χ4v) is 4.57. The smallest absolute Gasteiger partial charge is 0.225 e. The maximum Gasteiger partial charge on any atom is 0.225 e. The molecular formula is C22H26Cl2N2O. The van der Waals surface area contributed by atoms with Gasteiger partial charge in [-0.15, -0.1) is 0 Å². The van der Waals surface area contributed by atoms with Gasteiger partial charge in [-0.05, 0) is 57.5 Å². The number of carbonyl (C=O) groups is 1. The minimum absolute atomic E-state index is 0.0523. The summed E-state index contributed by atoms with van der Waals surface area (Å²) in [5, 5.41) is 4.21. The maximum absolute atomic E-state index is 13.3. The Morgan fingerprint density at radius 3 is 2.52 bits per heavy atom. The van der Waals surface area contributed by atoms with Crippen LogP contribution in [0.2, 0.25) is 10.0 Å². The molecule has 1 aliphatic rings. The van der Waals surface area contributed by atoms with Crippen molar-refractivity contribution in [1.82, 2.24) is 10.2 Å². The molecule has 0 aromatic heterocycles. The van der Waals surface area contributed by atoms with E-state index in [9.17, 15) is 4.79 Å². The number of rotatable bonds is 4. The Morgan fingerprint density at radius 1 is 1.11 bits per heavy atom. The Balaban J connectivity index is 1.86. The van der Waals surface area contributed by atoms with Crippen molar-refractivity contribution >= 4 is 29.1 Å². The maximum atomic E-state index is 13.3. The van der Waals surface area contributed by atoms with Crippen LogP contribution in [0.4, 0.5) is 0 Å². The monoisotopic (exact) mass is 404 g/mol. The molecule has 3 nitrogen and oxygen atoms in total. The van der Waals surface area contributed by atoms with Crippen molar-refractivity contribution in [3.63, 3.8) is 0 Å². The summed E-state index contributed by atoms with van der Waals surface area (Å²) in [6.07, 6.45) is 1.88. The van der Waals surface area contributed by atoms with Gasteiger partial charge in [-0.2, -0.15) is 0 Å². The van der Waals surface area contributed by atoms with Gasteiger partial charge in [0.25, 0.3) is 0 Å². The van der Waals surface area contributed by atoms with Crippen LogP contribution < -0.4 is 5.32 Å². The fourth-order valence-electron chi connectivity index (χ4n) is 4.03. The van der Waals surface area contributed by atoms with E-state index < -0.39 is 5.54 Å². The summed E-state index contributed by atoms with van der Waals surface area (Å²) in [5.74, 6) is -0.0557. The van der Waals surface area contributed by atoms with Crippen LogP contribution in [0, 0.1) is 5.92 Å². The molecule has 1 amide bonds. The predicted octanol–water partition coefficient (Wildman–Crippen LogP) is 5.43. The highest BCUT2D eigenvalue weighted by Gasteiger charge is 2.37. The largest absolute Gasteiger partial charge is 0.347 e. The molecule has 144 valence electrons. The van der Waals surface area contributed by atoms with Crippen molar-refractivity contribution in [2.45, 2.75) is 38.3 Å². The number of halogens is 2. The lowest BCUT2D eigenvalue weighted by Gasteiger charge is -2.40. The third kappa shape index (κ3) is 4.31. The molecule has 1 aliphatic heterocycles. The first-order chi connectivity index (χ1) is 12.8. The van der Waals surface area contributed by atoms with Crippen LogP contribution >= 0.6 is 23.2 Å². The Hall–Kier alpha value is -1.55. The molecule has 0 saturated carbocycles. The van der Waals surface area contributed by atoms with Crippen LogP contribution in [-0.2, 0) is 10.3 Å². The summed E-state index contributed by atoms with van der Waals surface area (Å²) in [6.45, 7) is 4.92. The van der Waals surface area contributed by atoms with Crippen molar-refractivity contribution in [1.29, 1.82) is 0 Å². The minimum Gasteiger partial charge on any atom is -0.347 e. The van der Waals surface area contributed by atoms with Crippen LogP contribution in [0.15, 0.2) is 48.5 Å². The van der Waals surface area contributed by atoms with Gasteiger partial charge in [-0.25, -0.2) is 0 Å². The van der Waals surface area contributed by atoms with E-state index in [2.05, 4.69) is 29.4 Å². The lowest BCUT2D eigenvalue weighted by Crippen LogP contribution is -2.49. The lowest BCUT2D eigenvalue weighted by atomic mass is 9.83. The molecule has 1 fully saturated rings. The molecule has 2 aromatic rings. The number of hydrogen-bond acceptors (Lipinski definition) is 2. The first-order valence-corrected chi connectivity index (χ1v) is 10.1. The van der Waals surface area contributed by atoms with Gasteiger partial charge in [0.2, 0.25) is 5.91 Å². The van der Waals surface area contributed by atoms with E-state index >= 15 is 0 Å². The number of hydrogen-bond donors (Lipinski definition) is 1. The summed E-state index contributed by atoms with van der Waals surface area (Å²) >= 11 is 12.6. The zero-order valence-corrected chi connectivity index (χ0v) is 17.5. The molecular weight excluding hydrogens is 379 g/mol. The number of amides is 1. The average Bonchev–Trinajstić information content (AvgIpc) is 2.64. The van der Waals surface area contributed by atoms with Crippen molar-refractivity contribution in [3.05, 3.63) is 69.7 Å². The summed E-state index contributed by atoms with van der Waals surface area (Å²) in [7, 11) is 2.09. The summed E-state index contributed by atoms with van der Waals surface area (Å²) in [5.41, 5.74) is 1.39. The molecule has 0 bridgehead atoms. The van der Waals surface area contributed by atoms with Crippen molar-refractivity contribution < 1.29 is 4.79 Å². The minimum atomic E-state index is -0.615. The quantitative estimate of drug-likeness (QED) is 0.736. The van der Waals surface area contributed by atoms with E-state index in [1.807, 2.05) is 44.2 Å². The molecule has 3 rings (SSSR count). The lowest BCUT2D eigenvalue weighted by molar-refractivity contribution is -0.130. The van der Waals surface area contributed by atoms with E-state index in [1.165, 1.54) is 5.56 Å². The predicted molar refractivity (Wildman–Crippen MR) is 112 cm³/mol. The summed E-state index contributed by atoms with van der Waals surface area (Å²) in [6, 6.07) is 15.9. The van der Waals surface area contributed by atoms with E-state index in [4.69, 9.17) is 23.2 Å². The normalized spacial score (nSPS) is 21.1. The van der Waals surface area contributed by atoms with Gasteiger partial charge in [0.1, 0.15) is 0 Å². The molecule has 1 N–H and O–H groups in total. The van der Waals surface area contributed by atoms with E-state index in [1.54, 1.807) is 6.07 Å². The van der Waals surface area contributed by atoms with Crippen LogP contribution in [0.3, 0.4) is 0 Å². The van der Waals surface area contributed by atoms with E-state index in [0.717, 1.165) is 24.9 Å². The number of piperidine rings is 1. The second-order valence-corrected chi connectivity index (χ2v) is 8.59. The zero-order chi connectivity index (χ0) is 19.6. The third-order valence-corrected chi connectivity index (χ3v) is 6.24. The topological polar surface area (TPSA) is 32.3 Å². The van der Waals surface area contributed by atoms with Gasteiger partial charge in [-0.1, -0.05) is 65.7 Å². The molecule has 0 aliphatic carbocycles. The Kier molecular flexibility index (Phi) is 6.15. The summed E-state index contributed by atoms with van der Waals surface area (Å²) in [4.78, 5) is 15.6. The zero-order valence-electron chi connectivity index (χ0n) is 16.0. The molecule has 0 spiro atoms. The van der Waals surface area contributed by atoms with Gasteiger partial charge in [-0.3, -0.25) is 9.69 Å². The molecule has 1 saturated heterocycles. The van der Waals surface area contributed by atoms with Crippen molar-refractivity contribution in [2.75, 3.05) is 13.6 Å². The van der Waals surface area contributed by atoms with E-state index in [0.29, 0.717) is 10.0 Å². The molecule has 2 atom stereocenters. The standard InChI is InChI=1S/C22H26Cl2N2O/c1-22(2,17-12-7-13-18(23)19(17)24)25-21(27)16-11-8-14-26(3)20(16)15-9-5-4-6-10-15/h4-7,9-10,12-13,16,20H,8,11,14H2,1-3H3,(H,25,27). The first kappa shape index (κ1) is 20.2. The second kappa shape index (κ2) is 8.22. The van der Waals surface area contributed by atoms with Crippen LogP contribution in [0.1, 0.15) is 43.9 Å². The van der Waals surface area contributed by atoms with Gasteiger partial charge in [0.15, 0.2) is 0 Å². The second-order valence-electron chi connectivity index (χ2n) is 7.80. The molecule has 0 radical (unpaired) electrons. The SMILES string of the molecule is CN1CCCC(C(=O)NC(C)(C)c2cccc(Cl)c2Cl)C1c1ccccc1. The number of nitrogens with one attached hydrogen (secondary N) is 1. The first-order valence-electron chi connectivity index (χ1n) is 9.33. The number of nitrogens with zero attached hydrogens (tertiary/aromatic N) is 1. The molecule has 2 aromatic carbocycles. The van der Waals surface area contributed by atoms with Gasteiger partial charge < -0.3 is 5.32 Å². The molecule has 27 heavy (non-hydrogen) atoms. The molecule has 5 heteroatoms. The van der Waals surface area contributed by atoms with Crippen LogP contribution in [0.5, 0.6) is 0 Å². The summed E-state index contributed by atoms with van der Waals surface area (Å²) < 4.78 is 0. The molecule has 2 unspecified atom stereocenters.